The summed E-state index contributed by atoms with van der Waals surface area (Å²) in [5.74, 6) is -1.04. The first-order chi connectivity index (χ1) is 8.58. The van der Waals surface area contributed by atoms with Gasteiger partial charge in [-0.3, -0.25) is 9.59 Å². The van der Waals surface area contributed by atoms with Crippen LogP contribution in [0.1, 0.15) is 47.0 Å². The second-order valence-electron chi connectivity index (χ2n) is 4.02. The quantitative estimate of drug-likeness (QED) is 0.380. The summed E-state index contributed by atoms with van der Waals surface area (Å²) in [6, 6.07) is 0. The zero-order valence-electron chi connectivity index (χ0n) is 11.8. The largest absolute Gasteiger partial charge is 0.465 e. The summed E-state index contributed by atoms with van der Waals surface area (Å²) in [5, 5.41) is 0. The molecule has 0 atom stereocenters. The first kappa shape index (κ1) is 16.7. The van der Waals surface area contributed by atoms with Gasteiger partial charge in [0, 0.05) is 0 Å². The highest BCUT2D eigenvalue weighted by molar-refractivity contribution is 6.02. The molecule has 0 aliphatic rings. The van der Waals surface area contributed by atoms with Crippen molar-refractivity contribution in [2.24, 2.45) is 5.41 Å². The lowest BCUT2D eigenvalue weighted by Gasteiger charge is -2.25. The van der Waals surface area contributed by atoms with Crippen molar-refractivity contribution in [1.29, 1.82) is 0 Å². The molecule has 4 heteroatoms. The van der Waals surface area contributed by atoms with Gasteiger partial charge >= 0.3 is 11.9 Å². The van der Waals surface area contributed by atoms with E-state index in [9.17, 15) is 9.59 Å². The highest BCUT2D eigenvalue weighted by atomic mass is 16.6. The van der Waals surface area contributed by atoms with Crippen molar-refractivity contribution in [3.63, 3.8) is 0 Å². The number of allylic oxidation sites excluding steroid dienone is 1. The number of carbonyl (C=O) groups is 2. The Morgan fingerprint density at radius 3 is 1.89 bits per heavy atom. The van der Waals surface area contributed by atoms with Crippen molar-refractivity contribution in [3.05, 3.63) is 12.2 Å². The first-order valence-electron chi connectivity index (χ1n) is 6.57. The summed E-state index contributed by atoms with van der Waals surface area (Å²) in [6.45, 7) is 7.75. The number of hydrogen-bond donors (Lipinski definition) is 0. The monoisotopic (exact) mass is 256 g/mol. The van der Waals surface area contributed by atoms with E-state index in [0.29, 0.717) is 6.42 Å². The van der Waals surface area contributed by atoms with Gasteiger partial charge in [-0.05, 0) is 27.2 Å². The van der Waals surface area contributed by atoms with Gasteiger partial charge in [-0.25, -0.2) is 0 Å². The molecule has 104 valence electrons. The van der Waals surface area contributed by atoms with Gasteiger partial charge in [0.15, 0.2) is 5.41 Å². The Morgan fingerprint density at radius 1 is 1.06 bits per heavy atom. The van der Waals surface area contributed by atoms with Gasteiger partial charge in [0.2, 0.25) is 0 Å². The smallest absolute Gasteiger partial charge is 0.327 e. The maximum atomic E-state index is 12.1. The van der Waals surface area contributed by atoms with Crippen LogP contribution in [0.25, 0.3) is 0 Å². The highest BCUT2D eigenvalue weighted by Crippen LogP contribution is 2.30. The van der Waals surface area contributed by atoms with E-state index in [0.717, 1.165) is 12.8 Å². The summed E-state index contributed by atoms with van der Waals surface area (Å²) in [7, 11) is 0. The zero-order valence-corrected chi connectivity index (χ0v) is 11.8. The molecule has 0 saturated heterocycles. The van der Waals surface area contributed by atoms with Crippen LogP contribution in [0, 0.1) is 5.41 Å². The summed E-state index contributed by atoms with van der Waals surface area (Å²) in [4.78, 5) is 24.2. The minimum Gasteiger partial charge on any atom is -0.465 e. The summed E-state index contributed by atoms with van der Waals surface area (Å²) in [5.41, 5.74) is -1.28. The molecule has 0 aliphatic heterocycles. The number of esters is 2. The molecule has 0 saturated carbocycles. The fourth-order valence-electron chi connectivity index (χ4n) is 1.77. The first-order valence-corrected chi connectivity index (χ1v) is 6.57. The molecule has 0 amide bonds. The number of rotatable bonds is 8. The minimum atomic E-state index is -1.28. The number of hydrogen-bond acceptors (Lipinski definition) is 4. The van der Waals surface area contributed by atoms with E-state index in [-0.39, 0.29) is 13.2 Å². The van der Waals surface area contributed by atoms with Crippen LogP contribution in [-0.2, 0) is 19.1 Å². The van der Waals surface area contributed by atoms with Crippen LogP contribution < -0.4 is 0 Å². The second-order valence-corrected chi connectivity index (χ2v) is 4.02. The third kappa shape index (κ3) is 4.17. The second kappa shape index (κ2) is 8.72. The van der Waals surface area contributed by atoms with E-state index < -0.39 is 17.4 Å². The van der Waals surface area contributed by atoms with Gasteiger partial charge in [0.1, 0.15) is 0 Å². The topological polar surface area (TPSA) is 52.6 Å². The number of unbranched alkanes of at least 4 members (excludes halogenated alkanes) is 1. The molecule has 0 aromatic rings. The van der Waals surface area contributed by atoms with E-state index in [4.69, 9.17) is 9.47 Å². The van der Waals surface area contributed by atoms with E-state index in [1.807, 2.05) is 6.92 Å². The van der Waals surface area contributed by atoms with Crippen LogP contribution in [-0.4, -0.2) is 25.2 Å². The molecule has 0 aliphatic carbocycles. The third-order valence-electron chi connectivity index (χ3n) is 2.66. The molecule has 0 aromatic heterocycles. The Bertz CT molecular complexity index is 276. The fraction of sp³-hybridized carbons (Fsp3) is 0.714. The van der Waals surface area contributed by atoms with Crippen molar-refractivity contribution >= 4 is 11.9 Å². The Balaban J connectivity index is 5.26. The Hall–Kier alpha value is -1.32. The lowest BCUT2D eigenvalue weighted by Crippen LogP contribution is -2.40. The SMILES string of the molecule is C/C=C/C(CCCC)(C(=O)OCC)C(=O)OCC. The molecule has 0 fully saturated rings. The average molecular weight is 256 g/mol. The molecule has 0 spiro atoms. The van der Waals surface area contributed by atoms with Crippen molar-refractivity contribution in [2.45, 2.75) is 47.0 Å². The maximum Gasteiger partial charge on any atom is 0.327 e. The predicted octanol–water partition coefficient (Wildman–Crippen LogP) is 2.87. The molecular weight excluding hydrogens is 232 g/mol. The molecule has 0 aromatic carbocycles. The van der Waals surface area contributed by atoms with E-state index >= 15 is 0 Å². The molecule has 0 bridgehead atoms. The molecule has 0 heterocycles. The normalized spacial score (nSPS) is 11.6. The molecule has 18 heavy (non-hydrogen) atoms. The van der Waals surface area contributed by atoms with E-state index in [1.54, 1.807) is 32.9 Å². The average Bonchev–Trinajstić information content (AvgIpc) is 2.35. The van der Waals surface area contributed by atoms with Gasteiger partial charge in [-0.2, -0.15) is 0 Å². The van der Waals surface area contributed by atoms with Crippen molar-refractivity contribution in [1.82, 2.24) is 0 Å². The highest BCUT2D eigenvalue weighted by Gasteiger charge is 2.45. The molecule has 0 radical (unpaired) electrons. The van der Waals surface area contributed by atoms with Crippen LogP contribution >= 0.6 is 0 Å². The van der Waals surface area contributed by atoms with Crippen LogP contribution in [0.5, 0.6) is 0 Å². The van der Waals surface area contributed by atoms with E-state index in [2.05, 4.69) is 0 Å². The molecule has 0 rings (SSSR count). The van der Waals surface area contributed by atoms with Gasteiger partial charge < -0.3 is 9.47 Å². The molecule has 4 nitrogen and oxygen atoms in total. The summed E-state index contributed by atoms with van der Waals surface area (Å²) >= 11 is 0. The molecule has 0 unspecified atom stereocenters. The molecule has 0 N–H and O–H groups in total. The number of carbonyl (C=O) groups excluding carboxylic acids is 2. The van der Waals surface area contributed by atoms with Crippen LogP contribution in [0.4, 0.5) is 0 Å². The van der Waals surface area contributed by atoms with E-state index in [1.165, 1.54) is 0 Å². The third-order valence-corrected chi connectivity index (χ3v) is 2.66. The fourth-order valence-corrected chi connectivity index (χ4v) is 1.77. The van der Waals surface area contributed by atoms with Gasteiger partial charge in [-0.15, -0.1) is 0 Å². The standard InChI is InChI=1S/C14H24O4/c1-5-9-11-14(10-6-2,12(15)17-7-3)13(16)18-8-4/h6,10H,5,7-9,11H2,1-4H3/b10-6+. The Kier molecular flexibility index (Phi) is 8.08. The van der Waals surface area contributed by atoms with Crippen molar-refractivity contribution in [3.8, 4) is 0 Å². The minimum absolute atomic E-state index is 0.254. The van der Waals surface area contributed by atoms with Crippen LogP contribution in [0.3, 0.4) is 0 Å². The Labute approximate surface area is 109 Å². The lowest BCUT2D eigenvalue weighted by molar-refractivity contribution is -0.168. The van der Waals surface area contributed by atoms with Crippen molar-refractivity contribution in [2.75, 3.05) is 13.2 Å². The molecular formula is C14H24O4. The lowest BCUT2D eigenvalue weighted by atomic mass is 9.82. The Morgan fingerprint density at radius 2 is 1.56 bits per heavy atom. The number of ether oxygens (including phenoxy) is 2. The van der Waals surface area contributed by atoms with Gasteiger partial charge in [0.25, 0.3) is 0 Å². The summed E-state index contributed by atoms with van der Waals surface area (Å²) < 4.78 is 10.1. The maximum absolute atomic E-state index is 12.1. The van der Waals surface area contributed by atoms with Crippen LogP contribution in [0.2, 0.25) is 0 Å². The van der Waals surface area contributed by atoms with Gasteiger partial charge in [0.05, 0.1) is 13.2 Å². The van der Waals surface area contributed by atoms with Crippen LogP contribution in [0.15, 0.2) is 12.2 Å². The summed E-state index contributed by atoms with van der Waals surface area (Å²) in [6.07, 6.45) is 5.38. The van der Waals surface area contributed by atoms with Crippen molar-refractivity contribution < 1.29 is 19.1 Å². The zero-order chi connectivity index (χ0) is 14.0. The van der Waals surface area contributed by atoms with Gasteiger partial charge in [-0.1, -0.05) is 31.9 Å². The predicted molar refractivity (Wildman–Crippen MR) is 70.0 cm³/mol.